The molecule has 0 saturated carbocycles. The van der Waals surface area contributed by atoms with E-state index in [4.69, 9.17) is 0 Å². The molecule has 0 aliphatic rings. The quantitative estimate of drug-likeness (QED) is 0.596. The van der Waals surface area contributed by atoms with Gasteiger partial charge in [0.1, 0.15) is 11.4 Å². The van der Waals surface area contributed by atoms with Crippen LogP contribution in [0, 0.1) is 5.82 Å². The van der Waals surface area contributed by atoms with Crippen LogP contribution in [-0.2, 0) is 5.60 Å². The summed E-state index contributed by atoms with van der Waals surface area (Å²) in [4.78, 5) is 17.2. The van der Waals surface area contributed by atoms with E-state index < -0.39 is 11.4 Å². The van der Waals surface area contributed by atoms with Crippen LogP contribution in [0.1, 0.15) is 33.4 Å². The molecule has 146 valence electrons. The second kappa shape index (κ2) is 7.85. The predicted octanol–water partition coefficient (Wildman–Crippen LogP) is 3.86. The predicted molar refractivity (Wildman–Crippen MR) is 107 cm³/mol. The van der Waals surface area contributed by atoms with E-state index >= 15 is 0 Å². The molecule has 3 N–H and O–H groups in total. The van der Waals surface area contributed by atoms with Crippen molar-refractivity contribution in [2.24, 2.45) is 0 Å². The van der Waals surface area contributed by atoms with E-state index in [1.807, 2.05) is 13.8 Å². The molecule has 28 heavy (non-hydrogen) atoms. The van der Waals surface area contributed by atoms with Crippen LogP contribution < -0.4 is 10.6 Å². The van der Waals surface area contributed by atoms with Crippen LogP contribution in [-0.4, -0.2) is 31.1 Å². The van der Waals surface area contributed by atoms with Crippen LogP contribution in [0.5, 0.6) is 0 Å². The lowest BCUT2D eigenvalue weighted by atomic mass is 10.0. The summed E-state index contributed by atoms with van der Waals surface area (Å²) in [6, 6.07) is 9.85. The second-order valence-electron chi connectivity index (χ2n) is 7.20. The van der Waals surface area contributed by atoms with Crippen molar-refractivity contribution in [3.05, 3.63) is 54.1 Å². The number of halogens is 1. The third kappa shape index (κ3) is 4.77. The first-order valence-corrected chi connectivity index (χ1v) is 8.96. The Kier molecular flexibility index (Phi) is 5.51. The number of nitrogens with one attached hydrogen (secondary N) is 2. The van der Waals surface area contributed by atoms with Crippen LogP contribution in [0.4, 0.5) is 22.0 Å². The maximum atomic E-state index is 14.2. The average molecular weight is 382 g/mol. The Labute approximate surface area is 163 Å². The van der Waals surface area contributed by atoms with Crippen LogP contribution in [0.25, 0.3) is 11.4 Å². The SMILES string of the molecule is CC(C)Nc1nc(Nc2ccnc(C(C)(C)O)c2)nc(-c2ccccc2F)n1. The second-order valence-corrected chi connectivity index (χ2v) is 7.20. The zero-order valence-corrected chi connectivity index (χ0v) is 16.2. The minimum absolute atomic E-state index is 0.0893. The van der Waals surface area contributed by atoms with Gasteiger partial charge in [-0.25, -0.2) is 4.39 Å². The summed E-state index contributed by atoms with van der Waals surface area (Å²) in [6.07, 6.45) is 1.59. The van der Waals surface area contributed by atoms with Crippen molar-refractivity contribution in [3.8, 4) is 11.4 Å². The minimum Gasteiger partial charge on any atom is -0.384 e. The summed E-state index contributed by atoms with van der Waals surface area (Å²) in [5, 5.41) is 16.4. The normalized spacial score (nSPS) is 11.5. The van der Waals surface area contributed by atoms with Gasteiger partial charge in [0, 0.05) is 17.9 Å². The number of aromatic nitrogens is 4. The highest BCUT2D eigenvalue weighted by Gasteiger charge is 2.18. The number of rotatable bonds is 6. The molecule has 3 aromatic rings. The first kappa shape index (κ1) is 19.6. The van der Waals surface area contributed by atoms with Gasteiger partial charge >= 0.3 is 0 Å². The molecule has 0 saturated heterocycles. The third-order valence-electron chi connectivity index (χ3n) is 3.81. The Morgan fingerprint density at radius 3 is 2.43 bits per heavy atom. The monoisotopic (exact) mass is 382 g/mol. The lowest BCUT2D eigenvalue weighted by Crippen LogP contribution is -2.17. The van der Waals surface area contributed by atoms with Gasteiger partial charge in [0.15, 0.2) is 5.82 Å². The highest BCUT2D eigenvalue weighted by atomic mass is 19.1. The van der Waals surface area contributed by atoms with Crippen molar-refractivity contribution in [1.82, 2.24) is 19.9 Å². The number of hydrogen-bond donors (Lipinski definition) is 3. The summed E-state index contributed by atoms with van der Waals surface area (Å²) in [5.74, 6) is 0.394. The van der Waals surface area contributed by atoms with Gasteiger partial charge in [-0.15, -0.1) is 0 Å². The van der Waals surface area contributed by atoms with E-state index in [0.717, 1.165) is 0 Å². The number of hydrogen-bond acceptors (Lipinski definition) is 7. The van der Waals surface area contributed by atoms with Gasteiger partial charge in [0.25, 0.3) is 0 Å². The van der Waals surface area contributed by atoms with Gasteiger partial charge in [0.2, 0.25) is 11.9 Å². The topological polar surface area (TPSA) is 95.9 Å². The molecular weight excluding hydrogens is 359 g/mol. The molecule has 0 fully saturated rings. The van der Waals surface area contributed by atoms with Crippen LogP contribution in [0.2, 0.25) is 0 Å². The summed E-state index contributed by atoms with van der Waals surface area (Å²) in [5.41, 5.74) is 0.348. The van der Waals surface area contributed by atoms with E-state index in [0.29, 0.717) is 17.3 Å². The van der Waals surface area contributed by atoms with Gasteiger partial charge < -0.3 is 15.7 Å². The maximum Gasteiger partial charge on any atom is 0.232 e. The molecule has 2 heterocycles. The Morgan fingerprint density at radius 1 is 1.04 bits per heavy atom. The molecule has 0 aliphatic heterocycles. The van der Waals surface area contributed by atoms with Crippen LogP contribution in [0.3, 0.4) is 0 Å². The zero-order valence-electron chi connectivity index (χ0n) is 16.2. The molecule has 7 nitrogen and oxygen atoms in total. The molecule has 0 bridgehead atoms. The number of aliphatic hydroxyl groups is 1. The average Bonchev–Trinajstić information content (AvgIpc) is 2.61. The summed E-state index contributed by atoms with van der Waals surface area (Å²) in [6.45, 7) is 7.22. The Balaban J connectivity index is 2.01. The van der Waals surface area contributed by atoms with Crippen LogP contribution in [0.15, 0.2) is 42.6 Å². The highest BCUT2D eigenvalue weighted by molar-refractivity contribution is 5.61. The maximum absolute atomic E-state index is 14.2. The van der Waals surface area contributed by atoms with Gasteiger partial charge in [-0.1, -0.05) is 12.1 Å². The fraction of sp³-hybridized carbons (Fsp3) is 0.300. The summed E-state index contributed by atoms with van der Waals surface area (Å²) < 4.78 is 14.2. The molecule has 3 rings (SSSR count). The van der Waals surface area contributed by atoms with Gasteiger partial charge in [-0.3, -0.25) is 4.98 Å². The fourth-order valence-corrected chi connectivity index (χ4v) is 2.49. The standard InChI is InChI=1S/C20H23FN6O/c1-12(2)23-18-25-17(14-7-5-6-8-15(14)21)26-19(27-18)24-13-9-10-22-16(11-13)20(3,4)28/h5-12,28H,1-4H3,(H2,22,23,24,25,26,27). The minimum atomic E-state index is -1.08. The molecule has 8 heteroatoms. The summed E-state index contributed by atoms with van der Waals surface area (Å²) >= 11 is 0. The molecule has 0 spiro atoms. The lowest BCUT2D eigenvalue weighted by Gasteiger charge is -2.17. The number of anilines is 3. The van der Waals surface area contributed by atoms with Crippen molar-refractivity contribution in [3.63, 3.8) is 0 Å². The van der Waals surface area contributed by atoms with Crippen molar-refractivity contribution < 1.29 is 9.50 Å². The van der Waals surface area contributed by atoms with E-state index in [9.17, 15) is 9.50 Å². The van der Waals surface area contributed by atoms with Gasteiger partial charge in [0.05, 0.1) is 11.3 Å². The highest BCUT2D eigenvalue weighted by Crippen LogP contribution is 2.24. The molecule has 0 atom stereocenters. The smallest absolute Gasteiger partial charge is 0.232 e. The lowest BCUT2D eigenvalue weighted by molar-refractivity contribution is 0.0739. The van der Waals surface area contributed by atoms with E-state index in [1.54, 1.807) is 50.4 Å². The van der Waals surface area contributed by atoms with Crippen molar-refractivity contribution in [2.45, 2.75) is 39.3 Å². The molecule has 0 amide bonds. The van der Waals surface area contributed by atoms with Crippen molar-refractivity contribution in [1.29, 1.82) is 0 Å². The fourth-order valence-electron chi connectivity index (χ4n) is 2.49. The first-order chi connectivity index (χ1) is 13.2. The number of nitrogens with zero attached hydrogens (tertiary/aromatic N) is 4. The number of pyridine rings is 1. The third-order valence-corrected chi connectivity index (χ3v) is 3.81. The molecule has 0 aliphatic carbocycles. The molecular formula is C20H23FN6O. The first-order valence-electron chi connectivity index (χ1n) is 8.96. The molecule has 1 aromatic carbocycles. The van der Waals surface area contributed by atoms with Crippen molar-refractivity contribution >= 4 is 17.6 Å². The molecule has 0 unspecified atom stereocenters. The molecule has 2 aromatic heterocycles. The van der Waals surface area contributed by atoms with E-state index in [-0.39, 0.29) is 23.4 Å². The zero-order chi connectivity index (χ0) is 20.3. The Hall–Kier alpha value is -3.13. The molecule has 0 radical (unpaired) electrons. The van der Waals surface area contributed by atoms with Gasteiger partial charge in [-0.2, -0.15) is 15.0 Å². The number of benzene rings is 1. The van der Waals surface area contributed by atoms with Gasteiger partial charge in [-0.05, 0) is 52.0 Å². The van der Waals surface area contributed by atoms with E-state index in [2.05, 4.69) is 30.6 Å². The van der Waals surface area contributed by atoms with Crippen molar-refractivity contribution in [2.75, 3.05) is 10.6 Å². The van der Waals surface area contributed by atoms with Crippen LogP contribution >= 0.6 is 0 Å². The summed E-state index contributed by atoms with van der Waals surface area (Å²) in [7, 11) is 0. The largest absolute Gasteiger partial charge is 0.384 e. The van der Waals surface area contributed by atoms with E-state index in [1.165, 1.54) is 6.07 Å². The Bertz CT molecular complexity index is 971. The Morgan fingerprint density at radius 2 is 1.75 bits per heavy atom.